The van der Waals surface area contributed by atoms with E-state index in [0.717, 1.165) is 18.6 Å². The summed E-state index contributed by atoms with van der Waals surface area (Å²) in [5.74, 6) is 0.481. The van der Waals surface area contributed by atoms with Gasteiger partial charge >= 0.3 is 0 Å². The summed E-state index contributed by atoms with van der Waals surface area (Å²) < 4.78 is 13.6. The van der Waals surface area contributed by atoms with Gasteiger partial charge in [0.15, 0.2) is 0 Å². The maximum atomic E-state index is 13.6. The van der Waals surface area contributed by atoms with Gasteiger partial charge in [0.1, 0.15) is 5.82 Å². The fourth-order valence-corrected chi connectivity index (χ4v) is 2.23. The average molecular weight is 284 g/mol. The lowest BCUT2D eigenvalue weighted by atomic mass is 10.1. The quantitative estimate of drug-likeness (QED) is 0.721. The third kappa shape index (κ3) is 5.11. The average Bonchev–Trinajstić information content (AvgIpc) is 2.41. The Morgan fingerprint density at radius 1 is 1.37 bits per heavy atom. The lowest BCUT2D eigenvalue weighted by Gasteiger charge is -2.11. The van der Waals surface area contributed by atoms with Gasteiger partial charge in [-0.25, -0.2) is 4.39 Å². The molecule has 1 aromatic carbocycles. The number of anilines is 1. The van der Waals surface area contributed by atoms with Crippen LogP contribution in [0.15, 0.2) is 18.2 Å². The number of para-hydroxylation sites is 1. The summed E-state index contributed by atoms with van der Waals surface area (Å²) in [6, 6.07) is 4.55. The van der Waals surface area contributed by atoms with Crippen molar-refractivity contribution in [3.8, 4) is 0 Å². The number of rotatable bonds is 8. The number of thioether (sulfide) groups is 1. The molecular formula is C14H21FN2OS. The third-order valence-electron chi connectivity index (χ3n) is 2.67. The first-order valence-corrected chi connectivity index (χ1v) is 7.89. The summed E-state index contributed by atoms with van der Waals surface area (Å²) >= 11 is 1.80. The standard InChI is InChI=1S/C14H21FN2OS/c1-3-16-13-11(7-6-8-12(13)15)14(18)17-9-4-5-10-19-2/h6-8,16H,3-5,9-10H2,1-2H3,(H,17,18). The van der Waals surface area contributed by atoms with Crippen LogP contribution in [-0.2, 0) is 0 Å². The molecule has 0 spiro atoms. The predicted molar refractivity (Wildman–Crippen MR) is 80.5 cm³/mol. The topological polar surface area (TPSA) is 41.1 Å². The molecule has 0 aromatic heterocycles. The normalized spacial score (nSPS) is 10.3. The Morgan fingerprint density at radius 3 is 2.84 bits per heavy atom. The van der Waals surface area contributed by atoms with Crippen molar-refractivity contribution in [3.05, 3.63) is 29.6 Å². The molecule has 0 radical (unpaired) electrons. The zero-order chi connectivity index (χ0) is 14.1. The molecule has 0 unspecified atom stereocenters. The van der Waals surface area contributed by atoms with Gasteiger partial charge in [0.05, 0.1) is 11.3 Å². The first-order chi connectivity index (χ1) is 9.20. The number of carbonyl (C=O) groups is 1. The molecule has 19 heavy (non-hydrogen) atoms. The Bertz CT molecular complexity index is 412. The highest BCUT2D eigenvalue weighted by Gasteiger charge is 2.13. The molecule has 0 saturated heterocycles. The third-order valence-corrected chi connectivity index (χ3v) is 3.37. The van der Waals surface area contributed by atoms with E-state index in [1.807, 2.05) is 6.92 Å². The van der Waals surface area contributed by atoms with Gasteiger partial charge in [0.2, 0.25) is 0 Å². The number of amides is 1. The van der Waals surface area contributed by atoms with Crippen LogP contribution in [0.4, 0.5) is 10.1 Å². The van der Waals surface area contributed by atoms with Crippen LogP contribution in [-0.4, -0.2) is 31.0 Å². The van der Waals surface area contributed by atoms with E-state index in [9.17, 15) is 9.18 Å². The van der Waals surface area contributed by atoms with Crippen molar-refractivity contribution in [1.29, 1.82) is 0 Å². The van der Waals surface area contributed by atoms with E-state index in [4.69, 9.17) is 0 Å². The smallest absolute Gasteiger partial charge is 0.253 e. The van der Waals surface area contributed by atoms with Crippen LogP contribution in [0, 0.1) is 5.82 Å². The molecule has 2 N–H and O–H groups in total. The molecule has 106 valence electrons. The number of benzene rings is 1. The maximum Gasteiger partial charge on any atom is 0.253 e. The highest BCUT2D eigenvalue weighted by atomic mass is 32.2. The van der Waals surface area contributed by atoms with Gasteiger partial charge < -0.3 is 10.6 Å². The molecule has 0 saturated carbocycles. The second-order valence-corrected chi connectivity index (χ2v) is 5.13. The van der Waals surface area contributed by atoms with Crippen molar-refractivity contribution < 1.29 is 9.18 Å². The molecule has 0 heterocycles. The predicted octanol–water partition coefficient (Wildman–Crippen LogP) is 3.13. The summed E-state index contributed by atoms with van der Waals surface area (Å²) in [6.45, 7) is 3.08. The van der Waals surface area contributed by atoms with Crippen LogP contribution in [0.1, 0.15) is 30.1 Å². The maximum absolute atomic E-state index is 13.6. The van der Waals surface area contributed by atoms with Crippen LogP contribution < -0.4 is 10.6 Å². The molecule has 0 fully saturated rings. The highest BCUT2D eigenvalue weighted by molar-refractivity contribution is 7.98. The minimum Gasteiger partial charge on any atom is -0.382 e. The van der Waals surface area contributed by atoms with Crippen LogP contribution in [0.2, 0.25) is 0 Å². The zero-order valence-electron chi connectivity index (χ0n) is 11.5. The summed E-state index contributed by atoms with van der Waals surface area (Å²) in [4.78, 5) is 12.0. The number of hydrogen-bond donors (Lipinski definition) is 2. The Hall–Kier alpha value is -1.23. The number of halogens is 1. The fourth-order valence-electron chi connectivity index (χ4n) is 1.74. The van der Waals surface area contributed by atoms with Gasteiger partial charge in [0, 0.05) is 13.1 Å². The molecule has 3 nitrogen and oxygen atoms in total. The summed E-state index contributed by atoms with van der Waals surface area (Å²) in [5.41, 5.74) is 0.651. The number of carbonyl (C=O) groups excluding carboxylic acids is 1. The zero-order valence-corrected chi connectivity index (χ0v) is 12.3. The lowest BCUT2D eigenvalue weighted by Crippen LogP contribution is -2.25. The van der Waals surface area contributed by atoms with Gasteiger partial charge in [-0.1, -0.05) is 6.07 Å². The van der Waals surface area contributed by atoms with E-state index in [0.29, 0.717) is 18.7 Å². The monoisotopic (exact) mass is 284 g/mol. The molecule has 0 aliphatic carbocycles. The molecule has 1 aromatic rings. The first-order valence-electron chi connectivity index (χ1n) is 6.50. The van der Waals surface area contributed by atoms with E-state index in [-0.39, 0.29) is 11.6 Å². The van der Waals surface area contributed by atoms with Crippen molar-refractivity contribution in [2.75, 3.05) is 30.4 Å². The Kier molecular flexibility index (Phi) is 7.33. The Labute approximate surface area is 118 Å². The van der Waals surface area contributed by atoms with Gasteiger partial charge in [-0.05, 0) is 43.9 Å². The van der Waals surface area contributed by atoms with E-state index < -0.39 is 5.82 Å². The van der Waals surface area contributed by atoms with E-state index in [1.54, 1.807) is 23.9 Å². The molecule has 5 heteroatoms. The Morgan fingerprint density at radius 2 is 2.16 bits per heavy atom. The van der Waals surface area contributed by atoms with Crippen LogP contribution in [0.25, 0.3) is 0 Å². The Balaban J connectivity index is 2.58. The SMILES string of the molecule is CCNc1c(F)cccc1C(=O)NCCCCSC. The molecule has 1 rings (SSSR count). The minimum atomic E-state index is -0.392. The van der Waals surface area contributed by atoms with Crippen LogP contribution >= 0.6 is 11.8 Å². The number of unbranched alkanes of at least 4 members (excludes halogenated alkanes) is 1. The van der Waals surface area contributed by atoms with Crippen molar-refractivity contribution in [2.45, 2.75) is 19.8 Å². The summed E-state index contributed by atoms with van der Waals surface area (Å²) in [6.07, 6.45) is 4.08. The van der Waals surface area contributed by atoms with Crippen molar-refractivity contribution in [3.63, 3.8) is 0 Å². The number of hydrogen-bond acceptors (Lipinski definition) is 3. The van der Waals surface area contributed by atoms with Gasteiger partial charge in [-0.15, -0.1) is 0 Å². The minimum absolute atomic E-state index is 0.223. The first kappa shape index (κ1) is 15.8. The summed E-state index contributed by atoms with van der Waals surface area (Å²) in [7, 11) is 0. The van der Waals surface area contributed by atoms with Gasteiger partial charge in [-0.2, -0.15) is 11.8 Å². The fraction of sp³-hybridized carbons (Fsp3) is 0.500. The van der Waals surface area contributed by atoms with Crippen LogP contribution in [0.5, 0.6) is 0 Å². The molecular weight excluding hydrogens is 263 g/mol. The van der Waals surface area contributed by atoms with E-state index in [1.165, 1.54) is 6.07 Å². The van der Waals surface area contributed by atoms with Crippen LogP contribution in [0.3, 0.4) is 0 Å². The van der Waals surface area contributed by atoms with Gasteiger partial charge in [0.25, 0.3) is 5.91 Å². The molecule has 0 aliphatic heterocycles. The largest absolute Gasteiger partial charge is 0.382 e. The second-order valence-electron chi connectivity index (χ2n) is 4.15. The molecule has 1 amide bonds. The lowest BCUT2D eigenvalue weighted by molar-refractivity contribution is 0.0953. The van der Waals surface area contributed by atoms with Crippen molar-refractivity contribution in [2.24, 2.45) is 0 Å². The molecule has 0 atom stereocenters. The number of nitrogens with one attached hydrogen (secondary N) is 2. The van der Waals surface area contributed by atoms with E-state index in [2.05, 4.69) is 16.9 Å². The van der Waals surface area contributed by atoms with Crippen molar-refractivity contribution in [1.82, 2.24) is 5.32 Å². The van der Waals surface area contributed by atoms with Crippen molar-refractivity contribution >= 4 is 23.4 Å². The van der Waals surface area contributed by atoms with E-state index >= 15 is 0 Å². The van der Waals surface area contributed by atoms with Gasteiger partial charge in [-0.3, -0.25) is 4.79 Å². The summed E-state index contributed by atoms with van der Waals surface area (Å²) in [5, 5.41) is 5.73. The molecule has 0 bridgehead atoms. The molecule has 0 aliphatic rings. The highest BCUT2D eigenvalue weighted by Crippen LogP contribution is 2.19. The second kappa shape index (κ2) is 8.80.